The van der Waals surface area contributed by atoms with Crippen LogP contribution in [0, 0.1) is 0 Å². The molecule has 0 bridgehead atoms. The standard InChI is InChI=1S/C21H14Cl2N2OS/c22-14-6-4-13(5-7-14)17-9-8-16-19(24)20(27-21(16)25-17)18(26)11-12-2-1-3-15(23)10-12/h1-10H,11,24H2. The lowest BCUT2D eigenvalue weighted by atomic mass is 10.1. The first-order valence-electron chi connectivity index (χ1n) is 8.24. The minimum Gasteiger partial charge on any atom is -0.397 e. The molecular weight excluding hydrogens is 399 g/mol. The summed E-state index contributed by atoms with van der Waals surface area (Å²) in [6.07, 6.45) is 0.252. The molecule has 134 valence electrons. The number of ketones is 1. The number of nitrogens with two attached hydrogens (primary N) is 1. The van der Waals surface area contributed by atoms with Gasteiger partial charge in [0.1, 0.15) is 4.83 Å². The van der Waals surface area contributed by atoms with Gasteiger partial charge < -0.3 is 5.73 Å². The highest BCUT2D eigenvalue weighted by Crippen LogP contribution is 2.35. The number of pyridine rings is 1. The van der Waals surface area contributed by atoms with Crippen LogP contribution in [-0.4, -0.2) is 10.8 Å². The summed E-state index contributed by atoms with van der Waals surface area (Å²) in [6.45, 7) is 0. The minimum atomic E-state index is -0.0363. The van der Waals surface area contributed by atoms with E-state index in [1.807, 2.05) is 48.5 Å². The summed E-state index contributed by atoms with van der Waals surface area (Å²) in [5, 5.41) is 2.08. The Bertz CT molecular complexity index is 1150. The van der Waals surface area contributed by atoms with Gasteiger partial charge in [-0.15, -0.1) is 11.3 Å². The monoisotopic (exact) mass is 412 g/mol. The van der Waals surface area contributed by atoms with Crippen molar-refractivity contribution in [2.24, 2.45) is 0 Å². The van der Waals surface area contributed by atoms with Crippen molar-refractivity contribution in [3.63, 3.8) is 0 Å². The van der Waals surface area contributed by atoms with E-state index < -0.39 is 0 Å². The zero-order valence-corrected chi connectivity index (χ0v) is 16.4. The van der Waals surface area contributed by atoms with Crippen LogP contribution < -0.4 is 5.73 Å². The number of benzene rings is 2. The number of carbonyl (C=O) groups excluding carboxylic acids is 1. The lowest BCUT2D eigenvalue weighted by Gasteiger charge is -2.01. The Kier molecular flexibility index (Phi) is 4.87. The molecule has 3 nitrogen and oxygen atoms in total. The number of Topliss-reactive ketones (excluding diaryl/α,β-unsaturated/α-hetero) is 1. The summed E-state index contributed by atoms with van der Waals surface area (Å²) in [5.74, 6) is -0.0363. The Labute approximate surface area is 170 Å². The fraction of sp³-hybridized carbons (Fsp3) is 0.0476. The van der Waals surface area contributed by atoms with E-state index in [4.69, 9.17) is 28.9 Å². The van der Waals surface area contributed by atoms with Crippen LogP contribution in [0.15, 0.2) is 60.7 Å². The third kappa shape index (κ3) is 3.69. The van der Waals surface area contributed by atoms with Gasteiger partial charge in [-0.25, -0.2) is 4.98 Å². The lowest BCUT2D eigenvalue weighted by Crippen LogP contribution is -2.04. The molecule has 2 N–H and O–H groups in total. The number of nitrogens with zero attached hydrogens (tertiary/aromatic N) is 1. The number of fused-ring (bicyclic) bond motifs is 1. The van der Waals surface area contributed by atoms with E-state index >= 15 is 0 Å². The molecule has 0 fully saturated rings. The summed E-state index contributed by atoms with van der Waals surface area (Å²) in [4.78, 5) is 18.7. The van der Waals surface area contributed by atoms with E-state index in [1.54, 1.807) is 12.1 Å². The van der Waals surface area contributed by atoms with Gasteiger partial charge in [-0.2, -0.15) is 0 Å². The van der Waals surface area contributed by atoms with Crippen LogP contribution in [0.2, 0.25) is 10.0 Å². The maximum atomic E-state index is 12.8. The molecule has 4 aromatic rings. The van der Waals surface area contributed by atoms with Crippen molar-refractivity contribution in [1.29, 1.82) is 0 Å². The molecule has 0 amide bonds. The number of hydrogen-bond donors (Lipinski definition) is 1. The number of halogens is 2. The smallest absolute Gasteiger partial charge is 0.179 e. The van der Waals surface area contributed by atoms with Crippen molar-refractivity contribution in [2.45, 2.75) is 6.42 Å². The molecule has 0 radical (unpaired) electrons. The first-order chi connectivity index (χ1) is 13.0. The molecule has 0 atom stereocenters. The maximum absolute atomic E-state index is 12.8. The molecule has 0 spiro atoms. The van der Waals surface area contributed by atoms with E-state index in [0.29, 0.717) is 20.6 Å². The largest absolute Gasteiger partial charge is 0.397 e. The number of nitrogen functional groups attached to an aromatic ring is 1. The fourth-order valence-electron chi connectivity index (χ4n) is 2.90. The molecule has 2 heterocycles. The van der Waals surface area contributed by atoms with E-state index in [9.17, 15) is 4.79 Å². The minimum absolute atomic E-state index is 0.0363. The summed E-state index contributed by atoms with van der Waals surface area (Å²) < 4.78 is 0. The molecule has 4 rings (SSSR count). The van der Waals surface area contributed by atoms with Gasteiger partial charge in [0.05, 0.1) is 16.3 Å². The molecule has 0 saturated carbocycles. The van der Waals surface area contributed by atoms with Crippen LogP contribution >= 0.6 is 34.5 Å². The van der Waals surface area contributed by atoms with Crippen LogP contribution in [-0.2, 0) is 6.42 Å². The Morgan fingerprint density at radius 3 is 2.52 bits per heavy atom. The van der Waals surface area contributed by atoms with Crippen LogP contribution in [0.5, 0.6) is 0 Å². The van der Waals surface area contributed by atoms with Gasteiger partial charge >= 0.3 is 0 Å². The third-order valence-corrected chi connectivity index (χ3v) is 5.88. The highest BCUT2D eigenvalue weighted by molar-refractivity contribution is 7.21. The van der Waals surface area contributed by atoms with Crippen molar-refractivity contribution in [3.8, 4) is 11.3 Å². The summed E-state index contributed by atoms with van der Waals surface area (Å²) in [7, 11) is 0. The normalized spacial score (nSPS) is 11.0. The lowest BCUT2D eigenvalue weighted by molar-refractivity contribution is 0.0997. The molecule has 2 aromatic carbocycles. The Balaban J connectivity index is 1.68. The number of thiophene rings is 1. The first kappa shape index (κ1) is 18.0. The summed E-state index contributed by atoms with van der Waals surface area (Å²) >= 11 is 13.3. The van der Waals surface area contributed by atoms with E-state index in [2.05, 4.69) is 4.98 Å². The molecule has 2 aromatic heterocycles. The van der Waals surface area contributed by atoms with Gasteiger partial charge in [0.15, 0.2) is 5.78 Å². The second-order valence-corrected chi connectivity index (χ2v) is 8.00. The van der Waals surface area contributed by atoms with Crippen LogP contribution in [0.4, 0.5) is 5.69 Å². The topological polar surface area (TPSA) is 56.0 Å². The highest BCUT2D eigenvalue weighted by Gasteiger charge is 2.18. The van der Waals surface area contributed by atoms with E-state index in [0.717, 1.165) is 27.0 Å². The van der Waals surface area contributed by atoms with Gasteiger partial charge in [0.25, 0.3) is 0 Å². The molecule has 0 aliphatic carbocycles. The average Bonchev–Trinajstić information content (AvgIpc) is 2.99. The van der Waals surface area contributed by atoms with Gasteiger partial charge in [-0.3, -0.25) is 4.79 Å². The molecule has 6 heteroatoms. The summed E-state index contributed by atoms with van der Waals surface area (Å²) in [6, 6.07) is 18.6. The van der Waals surface area contributed by atoms with Gasteiger partial charge in [-0.05, 0) is 42.0 Å². The predicted octanol–water partition coefficient (Wildman–Crippen LogP) is 6.28. The van der Waals surface area contributed by atoms with Crippen LogP contribution in [0.3, 0.4) is 0 Å². The number of anilines is 1. The molecule has 0 aliphatic rings. The Morgan fingerprint density at radius 1 is 1.00 bits per heavy atom. The number of rotatable bonds is 4. The zero-order chi connectivity index (χ0) is 19.0. The molecule has 27 heavy (non-hydrogen) atoms. The number of carbonyl (C=O) groups is 1. The fourth-order valence-corrected chi connectivity index (χ4v) is 4.27. The van der Waals surface area contributed by atoms with Crippen molar-refractivity contribution in [3.05, 3.63) is 81.1 Å². The number of aromatic nitrogens is 1. The average molecular weight is 413 g/mol. The molecular formula is C21H14Cl2N2OS. The van der Waals surface area contributed by atoms with Crippen molar-refractivity contribution in [1.82, 2.24) is 4.98 Å². The Hall–Kier alpha value is -2.40. The zero-order valence-electron chi connectivity index (χ0n) is 14.1. The van der Waals surface area contributed by atoms with E-state index in [-0.39, 0.29) is 12.2 Å². The molecule has 0 unspecified atom stereocenters. The van der Waals surface area contributed by atoms with Crippen molar-refractivity contribution in [2.75, 3.05) is 5.73 Å². The summed E-state index contributed by atoms with van der Waals surface area (Å²) in [5.41, 5.74) is 9.35. The van der Waals surface area contributed by atoms with Crippen LogP contribution in [0.25, 0.3) is 21.5 Å². The highest BCUT2D eigenvalue weighted by atomic mass is 35.5. The van der Waals surface area contributed by atoms with Gasteiger partial charge in [0, 0.05) is 27.4 Å². The quantitative estimate of drug-likeness (QED) is 0.401. The van der Waals surface area contributed by atoms with Gasteiger partial charge in [0.2, 0.25) is 0 Å². The van der Waals surface area contributed by atoms with Crippen molar-refractivity contribution < 1.29 is 4.79 Å². The molecule has 0 saturated heterocycles. The van der Waals surface area contributed by atoms with Crippen LogP contribution in [0.1, 0.15) is 15.2 Å². The maximum Gasteiger partial charge on any atom is 0.179 e. The second kappa shape index (κ2) is 7.31. The van der Waals surface area contributed by atoms with Gasteiger partial charge in [-0.1, -0.05) is 47.5 Å². The molecule has 0 aliphatic heterocycles. The van der Waals surface area contributed by atoms with E-state index in [1.165, 1.54) is 11.3 Å². The SMILES string of the molecule is Nc1c(C(=O)Cc2cccc(Cl)c2)sc2nc(-c3ccc(Cl)cc3)ccc12. The van der Waals surface area contributed by atoms with Crippen molar-refractivity contribution >= 4 is 56.2 Å². The third-order valence-electron chi connectivity index (χ3n) is 4.24. The predicted molar refractivity (Wildman–Crippen MR) is 114 cm³/mol. The first-order valence-corrected chi connectivity index (χ1v) is 9.81. The second-order valence-electron chi connectivity index (χ2n) is 6.13. The number of hydrogen-bond acceptors (Lipinski definition) is 4. The Morgan fingerprint density at radius 2 is 1.78 bits per heavy atom.